The summed E-state index contributed by atoms with van der Waals surface area (Å²) in [5.41, 5.74) is 3.23. The Kier molecular flexibility index (Phi) is 5.55. The van der Waals surface area contributed by atoms with Gasteiger partial charge in [-0.1, -0.05) is 28.1 Å². The van der Waals surface area contributed by atoms with Gasteiger partial charge in [0.2, 0.25) is 5.89 Å². The van der Waals surface area contributed by atoms with E-state index in [-0.39, 0.29) is 24.1 Å². The fourth-order valence-corrected chi connectivity index (χ4v) is 3.24. The van der Waals surface area contributed by atoms with Gasteiger partial charge < -0.3 is 14.1 Å². The number of aromatic amines is 1. The summed E-state index contributed by atoms with van der Waals surface area (Å²) in [5.74, 6) is 0.188. The standard InChI is InChI=1S/C19H18BrN3O4/c1-10-16(18(25)12-5-4-6-13(20)9-12)11(2)21-17(10)19-23-22-14(27-19)7-8-15(24)26-3/h4-6,9,21H,7-8H2,1-3H3. The van der Waals surface area contributed by atoms with Gasteiger partial charge in [0, 0.05) is 27.7 Å². The highest BCUT2D eigenvalue weighted by Crippen LogP contribution is 2.29. The lowest BCUT2D eigenvalue weighted by molar-refractivity contribution is -0.140. The van der Waals surface area contributed by atoms with E-state index < -0.39 is 0 Å². The molecule has 0 fully saturated rings. The number of H-pyrrole nitrogens is 1. The van der Waals surface area contributed by atoms with Gasteiger partial charge in [0.25, 0.3) is 5.89 Å². The predicted octanol–water partition coefficient (Wildman–Crippen LogP) is 3.78. The van der Waals surface area contributed by atoms with Crippen LogP contribution in [0.15, 0.2) is 33.2 Å². The Hall–Kier alpha value is -2.74. The molecule has 0 atom stereocenters. The smallest absolute Gasteiger partial charge is 0.306 e. The Labute approximate surface area is 164 Å². The summed E-state index contributed by atoms with van der Waals surface area (Å²) in [6.45, 7) is 3.67. The maximum Gasteiger partial charge on any atom is 0.306 e. The lowest BCUT2D eigenvalue weighted by Crippen LogP contribution is -2.03. The average molecular weight is 432 g/mol. The number of hydrogen-bond acceptors (Lipinski definition) is 6. The third-order valence-corrected chi connectivity index (χ3v) is 4.70. The monoisotopic (exact) mass is 431 g/mol. The zero-order chi connectivity index (χ0) is 19.6. The van der Waals surface area contributed by atoms with Crippen LogP contribution in [0.4, 0.5) is 0 Å². The van der Waals surface area contributed by atoms with Crippen LogP contribution in [0, 0.1) is 13.8 Å². The molecule has 0 aliphatic heterocycles. The molecule has 1 N–H and O–H groups in total. The number of aromatic nitrogens is 3. The highest BCUT2D eigenvalue weighted by molar-refractivity contribution is 9.10. The van der Waals surface area contributed by atoms with Crippen LogP contribution in [-0.4, -0.2) is 34.0 Å². The van der Waals surface area contributed by atoms with Crippen molar-refractivity contribution in [2.75, 3.05) is 7.11 Å². The Morgan fingerprint density at radius 3 is 2.74 bits per heavy atom. The molecule has 7 nitrogen and oxygen atoms in total. The second-order valence-electron chi connectivity index (χ2n) is 6.04. The summed E-state index contributed by atoms with van der Waals surface area (Å²) in [6.07, 6.45) is 0.454. The molecule has 0 unspecified atom stereocenters. The summed E-state index contributed by atoms with van der Waals surface area (Å²) in [4.78, 5) is 27.3. The molecule has 2 heterocycles. The number of aryl methyl sites for hydroxylation is 2. The average Bonchev–Trinajstić information content (AvgIpc) is 3.23. The minimum atomic E-state index is -0.344. The molecule has 140 valence electrons. The summed E-state index contributed by atoms with van der Waals surface area (Å²) < 4.78 is 11.1. The molecule has 0 spiro atoms. The normalized spacial score (nSPS) is 10.8. The molecule has 3 aromatic rings. The van der Waals surface area contributed by atoms with Crippen molar-refractivity contribution in [1.82, 2.24) is 15.2 Å². The van der Waals surface area contributed by atoms with Crippen LogP contribution in [0.3, 0.4) is 0 Å². The largest absolute Gasteiger partial charge is 0.469 e. The van der Waals surface area contributed by atoms with Gasteiger partial charge in [0.05, 0.1) is 13.5 Å². The molecule has 0 aliphatic rings. The van der Waals surface area contributed by atoms with Gasteiger partial charge in [-0.05, 0) is 31.5 Å². The van der Waals surface area contributed by atoms with Crippen molar-refractivity contribution >= 4 is 27.7 Å². The molecular weight excluding hydrogens is 414 g/mol. The number of carbonyl (C=O) groups excluding carboxylic acids is 2. The van der Waals surface area contributed by atoms with Crippen LogP contribution in [0.5, 0.6) is 0 Å². The van der Waals surface area contributed by atoms with Crippen molar-refractivity contribution in [1.29, 1.82) is 0 Å². The Bertz CT molecular complexity index is 1010. The fraction of sp³-hybridized carbons (Fsp3) is 0.263. The van der Waals surface area contributed by atoms with Crippen molar-refractivity contribution in [2.45, 2.75) is 26.7 Å². The number of halogens is 1. The summed E-state index contributed by atoms with van der Waals surface area (Å²) >= 11 is 3.39. The number of nitrogens with one attached hydrogen (secondary N) is 1. The van der Waals surface area contributed by atoms with E-state index in [1.165, 1.54) is 7.11 Å². The molecule has 0 amide bonds. The van der Waals surface area contributed by atoms with Gasteiger partial charge in [-0.25, -0.2) is 0 Å². The first-order valence-corrected chi connectivity index (χ1v) is 9.09. The SMILES string of the molecule is COC(=O)CCc1nnc(-c2[nH]c(C)c(C(=O)c3cccc(Br)c3)c2C)o1. The second kappa shape index (κ2) is 7.87. The Balaban J connectivity index is 1.89. The van der Waals surface area contributed by atoms with Gasteiger partial charge >= 0.3 is 5.97 Å². The second-order valence-corrected chi connectivity index (χ2v) is 6.96. The van der Waals surface area contributed by atoms with Crippen LogP contribution >= 0.6 is 15.9 Å². The number of ether oxygens (including phenoxy) is 1. The van der Waals surface area contributed by atoms with Crippen LogP contribution in [0.2, 0.25) is 0 Å². The molecular formula is C19H18BrN3O4. The van der Waals surface area contributed by atoms with Crippen LogP contribution < -0.4 is 0 Å². The molecule has 0 saturated carbocycles. The van der Waals surface area contributed by atoms with Crippen LogP contribution in [0.25, 0.3) is 11.6 Å². The molecule has 3 rings (SSSR count). The third-order valence-electron chi connectivity index (χ3n) is 4.20. The van der Waals surface area contributed by atoms with E-state index in [2.05, 4.69) is 35.8 Å². The first kappa shape index (κ1) is 19.0. The van der Waals surface area contributed by atoms with Crippen molar-refractivity contribution in [3.8, 4) is 11.6 Å². The number of hydrogen-bond donors (Lipinski definition) is 1. The van der Waals surface area contributed by atoms with Crippen molar-refractivity contribution in [3.63, 3.8) is 0 Å². The zero-order valence-electron chi connectivity index (χ0n) is 15.1. The van der Waals surface area contributed by atoms with E-state index in [0.717, 1.165) is 15.7 Å². The fourth-order valence-electron chi connectivity index (χ4n) is 2.85. The predicted molar refractivity (Wildman–Crippen MR) is 101 cm³/mol. The molecule has 0 aliphatic carbocycles. The number of esters is 1. The number of nitrogens with zero attached hydrogens (tertiary/aromatic N) is 2. The van der Waals surface area contributed by atoms with Crippen molar-refractivity contribution in [2.24, 2.45) is 0 Å². The van der Waals surface area contributed by atoms with E-state index in [1.807, 2.05) is 26.0 Å². The quantitative estimate of drug-likeness (QED) is 0.470. The number of rotatable bonds is 6. The minimum absolute atomic E-state index is 0.0840. The van der Waals surface area contributed by atoms with E-state index in [4.69, 9.17) is 4.42 Å². The molecule has 8 heteroatoms. The topological polar surface area (TPSA) is 98.1 Å². The number of carbonyl (C=O) groups is 2. The zero-order valence-corrected chi connectivity index (χ0v) is 16.7. The van der Waals surface area contributed by atoms with Gasteiger partial charge in [-0.15, -0.1) is 10.2 Å². The Morgan fingerprint density at radius 1 is 1.26 bits per heavy atom. The molecule has 27 heavy (non-hydrogen) atoms. The number of ketones is 1. The molecule has 0 radical (unpaired) electrons. The minimum Gasteiger partial charge on any atom is -0.469 e. The third kappa shape index (κ3) is 4.00. The lowest BCUT2D eigenvalue weighted by Gasteiger charge is -2.03. The van der Waals surface area contributed by atoms with Gasteiger partial charge in [0.1, 0.15) is 5.69 Å². The maximum atomic E-state index is 12.9. The number of methoxy groups -OCH3 is 1. The van der Waals surface area contributed by atoms with Crippen molar-refractivity contribution in [3.05, 3.63) is 57.0 Å². The van der Waals surface area contributed by atoms with Gasteiger partial charge in [0.15, 0.2) is 5.78 Å². The van der Waals surface area contributed by atoms with Crippen LogP contribution in [0.1, 0.15) is 39.5 Å². The lowest BCUT2D eigenvalue weighted by atomic mass is 10.00. The van der Waals surface area contributed by atoms with Crippen molar-refractivity contribution < 1.29 is 18.7 Å². The molecule has 1 aromatic carbocycles. The van der Waals surface area contributed by atoms with Crippen LogP contribution in [-0.2, 0) is 16.0 Å². The number of benzene rings is 1. The van der Waals surface area contributed by atoms with E-state index in [9.17, 15) is 9.59 Å². The highest BCUT2D eigenvalue weighted by atomic mass is 79.9. The van der Waals surface area contributed by atoms with E-state index in [0.29, 0.717) is 29.1 Å². The summed E-state index contributed by atoms with van der Waals surface area (Å²) in [7, 11) is 1.33. The van der Waals surface area contributed by atoms with Gasteiger partial charge in [-0.3, -0.25) is 9.59 Å². The summed E-state index contributed by atoms with van der Waals surface area (Å²) in [6, 6.07) is 7.25. The maximum absolute atomic E-state index is 12.9. The molecule has 0 saturated heterocycles. The first-order valence-electron chi connectivity index (χ1n) is 8.29. The van der Waals surface area contributed by atoms with E-state index in [1.54, 1.807) is 12.1 Å². The summed E-state index contributed by atoms with van der Waals surface area (Å²) in [5, 5.41) is 7.99. The van der Waals surface area contributed by atoms with Gasteiger partial charge in [-0.2, -0.15) is 0 Å². The van der Waals surface area contributed by atoms with E-state index >= 15 is 0 Å². The molecule has 0 bridgehead atoms. The molecule has 2 aromatic heterocycles. The Morgan fingerprint density at radius 2 is 2.04 bits per heavy atom. The first-order chi connectivity index (χ1) is 12.9. The highest BCUT2D eigenvalue weighted by Gasteiger charge is 2.23.